The monoisotopic (exact) mass is 698 g/mol. The molecule has 1 aliphatic rings. The molecular weight excluding hydrogens is 660 g/mol. The SMILES string of the molecule is CN[C@@H](C)C(=O)N[C@H]1CN(C(=O)c2ccc(C(=O)C(C)(C)C)cc2)c2ccccc2N(Cc2c(OC)ccc3cc(Br)ccc23)C1=O. The van der Waals surface area contributed by atoms with Crippen LogP contribution in [0, 0.1) is 5.41 Å². The predicted octanol–water partition coefficient (Wildman–Crippen LogP) is 6.13. The van der Waals surface area contributed by atoms with Crippen LogP contribution in [-0.4, -0.2) is 56.3 Å². The van der Waals surface area contributed by atoms with Crippen LogP contribution >= 0.6 is 15.9 Å². The third-order valence-electron chi connectivity index (χ3n) is 8.44. The Labute approximate surface area is 283 Å². The van der Waals surface area contributed by atoms with Gasteiger partial charge in [-0.05, 0) is 67.2 Å². The van der Waals surface area contributed by atoms with E-state index in [1.54, 1.807) is 62.4 Å². The summed E-state index contributed by atoms with van der Waals surface area (Å²) in [5, 5.41) is 7.67. The maximum atomic E-state index is 14.5. The van der Waals surface area contributed by atoms with Gasteiger partial charge in [0.25, 0.3) is 11.8 Å². The van der Waals surface area contributed by atoms with Gasteiger partial charge in [-0.2, -0.15) is 0 Å². The summed E-state index contributed by atoms with van der Waals surface area (Å²) >= 11 is 3.54. The molecule has 2 N–H and O–H groups in total. The number of anilines is 2. The third kappa shape index (κ3) is 6.94. The zero-order chi connectivity index (χ0) is 34.0. The van der Waals surface area contributed by atoms with Gasteiger partial charge < -0.3 is 25.2 Å². The van der Waals surface area contributed by atoms with Crippen molar-refractivity contribution >= 4 is 61.6 Å². The number of ketones is 1. The lowest BCUT2D eigenvalue weighted by Crippen LogP contribution is -2.55. The first-order chi connectivity index (χ1) is 22.3. The molecule has 0 aromatic heterocycles. The van der Waals surface area contributed by atoms with Gasteiger partial charge in [-0.25, -0.2) is 0 Å². The van der Waals surface area contributed by atoms with Crippen molar-refractivity contribution < 1.29 is 23.9 Å². The van der Waals surface area contributed by atoms with Gasteiger partial charge in [0.1, 0.15) is 11.8 Å². The number of hydrogen-bond donors (Lipinski definition) is 2. The first kappa shape index (κ1) is 33.8. The highest BCUT2D eigenvalue weighted by molar-refractivity contribution is 9.10. The Morgan fingerprint density at radius 2 is 1.62 bits per heavy atom. The largest absolute Gasteiger partial charge is 0.496 e. The van der Waals surface area contributed by atoms with Crippen molar-refractivity contribution in [2.45, 2.75) is 46.3 Å². The predicted molar refractivity (Wildman–Crippen MR) is 188 cm³/mol. The molecule has 47 heavy (non-hydrogen) atoms. The molecule has 10 heteroatoms. The molecule has 244 valence electrons. The van der Waals surface area contributed by atoms with E-state index in [-0.39, 0.29) is 36.6 Å². The molecule has 0 aliphatic carbocycles. The lowest BCUT2D eigenvalue weighted by Gasteiger charge is -2.27. The number of ether oxygens (including phenoxy) is 1. The standard InChI is InChI=1S/C37H39BrN4O5/c1-22(39-5)34(44)40-29-21-42(35(45)24-13-11-23(12-14-24)33(43)37(2,3)4)31-10-8-7-9-30(31)41(36(29)46)20-28-27-17-16-26(38)19-25(27)15-18-32(28)47-6/h7-19,22,29,39H,20-21H2,1-6H3,(H,40,44)/t22-,29-/m0/s1. The Hall–Kier alpha value is -4.54. The first-order valence-corrected chi connectivity index (χ1v) is 16.2. The van der Waals surface area contributed by atoms with Crippen molar-refractivity contribution in [1.82, 2.24) is 10.6 Å². The fraction of sp³-hybridized carbons (Fsp3) is 0.297. The molecule has 0 bridgehead atoms. The maximum Gasteiger partial charge on any atom is 0.258 e. The molecule has 0 fully saturated rings. The number of rotatable bonds is 8. The van der Waals surface area contributed by atoms with Crippen LogP contribution in [0.25, 0.3) is 10.8 Å². The number of nitrogens with one attached hydrogen (secondary N) is 2. The molecule has 0 unspecified atom stereocenters. The first-order valence-electron chi connectivity index (χ1n) is 15.4. The van der Waals surface area contributed by atoms with Crippen LogP contribution in [0.5, 0.6) is 5.75 Å². The van der Waals surface area contributed by atoms with E-state index in [2.05, 4.69) is 26.6 Å². The molecule has 0 saturated heterocycles. The molecule has 5 rings (SSSR count). The van der Waals surface area contributed by atoms with E-state index in [1.807, 2.05) is 63.2 Å². The summed E-state index contributed by atoms with van der Waals surface area (Å²) in [6.45, 7) is 7.27. The van der Waals surface area contributed by atoms with E-state index in [9.17, 15) is 19.2 Å². The van der Waals surface area contributed by atoms with Gasteiger partial charge in [0.15, 0.2) is 5.78 Å². The highest BCUT2D eigenvalue weighted by Gasteiger charge is 2.38. The second-order valence-electron chi connectivity index (χ2n) is 12.7. The van der Waals surface area contributed by atoms with Crippen LogP contribution in [0.1, 0.15) is 54.0 Å². The number of nitrogens with zero attached hydrogens (tertiary/aromatic N) is 2. The summed E-state index contributed by atoms with van der Waals surface area (Å²) in [4.78, 5) is 58.0. The molecular formula is C37H39BrN4O5. The Kier molecular flexibility index (Phi) is 9.84. The minimum atomic E-state index is -1.06. The fourth-order valence-corrected chi connectivity index (χ4v) is 6.07. The molecule has 3 amide bonds. The third-order valence-corrected chi connectivity index (χ3v) is 8.94. The Morgan fingerprint density at radius 1 is 0.957 bits per heavy atom. The number of halogens is 1. The summed E-state index contributed by atoms with van der Waals surface area (Å²) < 4.78 is 6.69. The Morgan fingerprint density at radius 3 is 2.26 bits per heavy atom. The summed E-state index contributed by atoms with van der Waals surface area (Å²) in [6, 6.07) is 21.9. The lowest BCUT2D eigenvalue weighted by molar-refractivity contribution is -0.128. The second kappa shape index (κ2) is 13.7. The van der Waals surface area contributed by atoms with Gasteiger partial charge in [-0.1, -0.05) is 73.1 Å². The molecule has 0 spiro atoms. The van der Waals surface area contributed by atoms with Gasteiger partial charge in [0.2, 0.25) is 5.91 Å². The van der Waals surface area contributed by atoms with Gasteiger partial charge in [0, 0.05) is 26.6 Å². The summed E-state index contributed by atoms with van der Waals surface area (Å²) in [7, 11) is 3.25. The topological polar surface area (TPSA) is 108 Å². The summed E-state index contributed by atoms with van der Waals surface area (Å²) in [5.74, 6) is -0.532. The highest BCUT2D eigenvalue weighted by Crippen LogP contribution is 2.38. The van der Waals surface area contributed by atoms with Crippen molar-refractivity contribution in [2.75, 3.05) is 30.5 Å². The van der Waals surface area contributed by atoms with Crippen molar-refractivity contribution in [1.29, 1.82) is 0 Å². The number of carbonyl (C=O) groups excluding carboxylic acids is 4. The zero-order valence-electron chi connectivity index (χ0n) is 27.4. The number of para-hydroxylation sites is 2. The van der Waals surface area contributed by atoms with Gasteiger partial charge in [-0.15, -0.1) is 0 Å². The van der Waals surface area contributed by atoms with Crippen molar-refractivity contribution in [3.05, 3.63) is 100 Å². The Bertz CT molecular complexity index is 1850. The molecule has 0 saturated carbocycles. The molecule has 2 atom stereocenters. The smallest absolute Gasteiger partial charge is 0.258 e. The molecule has 9 nitrogen and oxygen atoms in total. The number of Topliss-reactive ketones (excluding diaryl/α,β-unsaturated/α-hetero) is 1. The van der Waals surface area contributed by atoms with Crippen LogP contribution in [0.15, 0.2) is 83.3 Å². The van der Waals surface area contributed by atoms with E-state index in [0.29, 0.717) is 28.3 Å². The van der Waals surface area contributed by atoms with Crippen molar-refractivity contribution in [2.24, 2.45) is 5.41 Å². The highest BCUT2D eigenvalue weighted by atomic mass is 79.9. The minimum Gasteiger partial charge on any atom is -0.496 e. The lowest BCUT2D eigenvalue weighted by atomic mass is 9.86. The van der Waals surface area contributed by atoms with Gasteiger partial charge >= 0.3 is 0 Å². The average Bonchev–Trinajstić information content (AvgIpc) is 3.17. The van der Waals surface area contributed by atoms with Crippen molar-refractivity contribution in [3.63, 3.8) is 0 Å². The fourth-order valence-electron chi connectivity index (χ4n) is 5.69. The number of carbonyl (C=O) groups is 4. The summed E-state index contributed by atoms with van der Waals surface area (Å²) in [6.07, 6.45) is 0. The number of benzene rings is 4. The van der Waals surface area contributed by atoms with Gasteiger partial charge in [-0.3, -0.25) is 19.2 Å². The van der Waals surface area contributed by atoms with E-state index < -0.39 is 17.5 Å². The number of hydrogen-bond acceptors (Lipinski definition) is 6. The molecule has 4 aromatic carbocycles. The zero-order valence-corrected chi connectivity index (χ0v) is 29.0. The van der Waals surface area contributed by atoms with Crippen LogP contribution in [0.2, 0.25) is 0 Å². The maximum absolute atomic E-state index is 14.5. The van der Waals surface area contributed by atoms with Crippen LogP contribution in [-0.2, 0) is 16.1 Å². The van der Waals surface area contributed by atoms with E-state index >= 15 is 0 Å². The molecule has 1 aliphatic heterocycles. The molecule has 1 heterocycles. The Balaban J connectivity index is 1.62. The van der Waals surface area contributed by atoms with Crippen LogP contribution < -0.4 is 25.2 Å². The number of likely N-dealkylation sites (N-methyl/N-ethyl adjacent to an activating group) is 1. The second-order valence-corrected chi connectivity index (χ2v) is 13.6. The number of methoxy groups -OCH3 is 1. The van der Waals surface area contributed by atoms with Crippen LogP contribution in [0.3, 0.4) is 0 Å². The van der Waals surface area contributed by atoms with E-state index in [4.69, 9.17) is 4.74 Å². The number of fused-ring (bicyclic) bond motifs is 2. The molecule has 4 aromatic rings. The van der Waals surface area contributed by atoms with Crippen molar-refractivity contribution in [3.8, 4) is 5.75 Å². The minimum absolute atomic E-state index is 0.0319. The van der Waals surface area contributed by atoms with E-state index in [0.717, 1.165) is 20.8 Å². The molecule has 0 radical (unpaired) electrons. The van der Waals surface area contributed by atoms with Crippen LogP contribution in [0.4, 0.5) is 11.4 Å². The number of amides is 3. The average molecular weight is 700 g/mol. The quantitative estimate of drug-likeness (QED) is 0.215. The summed E-state index contributed by atoms with van der Waals surface area (Å²) in [5.41, 5.74) is 2.10. The van der Waals surface area contributed by atoms with Gasteiger partial charge in [0.05, 0.1) is 37.6 Å². The normalized spacial score (nSPS) is 15.6. The van der Waals surface area contributed by atoms with E-state index in [1.165, 1.54) is 4.90 Å².